The summed E-state index contributed by atoms with van der Waals surface area (Å²) in [4.78, 5) is 13.7. The van der Waals surface area contributed by atoms with Crippen LogP contribution >= 0.6 is 0 Å². The van der Waals surface area contributed by atoms with Crippen molar-refractivity contribution in [3.63, 3.8) is 0 Å². The molecule has 5 nitrogen and oxygen atoms in total. The van der Waals surface area contributed by atoms with Crippen molar-refractivity contribution in [2.45, 2.75) is 13.5 Å². The molecule has 0 aliphatic rings. The maximum Gasteiger partial charge on any atom is 0.317 e. The average molecular weight is 328 g/mol. The van der Waals surface area contributed by atoms with Gasteiger partial charge in [0, 0.05) is 13.6 Å². The van der Waals surface area contributed by atoms with Crippen LogP contribution in [-0.2, 0) is 6.54 Å². The lowest BCUT2D eigenvalue weighted by Crippen LogP contribution is -2.38. The Labute approximate surface area is 143 Å². The van der Waals surface area contributed by atoms with Gasteiger partial charge in [0.2, 0.25) is 0 Å². The van der Waals surface area contributed by atoms with Crippen molar-refractivity contribution in [1.82, 2.24) is 10.2 Å². The third-order valence-electron chi connectivity index (χ3n) is 3.39. The van der Waals surface area contributed by atoms with Crippen LogP contribution < -0.4 is 14.8 Å². The van der Waals surface area contributed by atoms with E-state index in [4.69, 9.17) is 9.47 Å². The summed E-state index contributed by atoms with van der Waals surface area (Å²) in [6.07, 6.45) is 0. The minimum atomic E-state index is -0.117. The summed E-state index contributed by atoms with van der Waals surface area (Å²) >= 11 is 0. The molecule has 2 aromatic carbocycles. The van der Waals surface area contributed by atoms with Gasteiger partial charge < -0.3 is 19.7 Å². The Kier molecular flexibility index (Phi) is 6.95. The van der Waals surface area contributed by atoms with Crippen LogP contribution in [0.15, 0.2) is 54.6 Å². The second-order valence-corrected chi connectivity index (χ2v) is 5.33. The second kappa shape index (κ2) is 9.45. The number of carbonyl (C=O) groups is 1. The Morgan fingerprint density at radius 3 is 2.25 bits per heavy atom. The van der Waals surface area contributed by atoms with E-state index in [1.54, 1.807) is 11.9 Å². The van der Waals surface area contributed by atoms with Crippen LogP contribution in [0.3, 0.4) is 0 Å². The molecule has 2 amide bonds. The quantitative estimate of drug-likeness (QED) is 0.757. The van der Waals surface area contributed by atoms with Gasteiger partial charge in [-0.15, -0.1) is 0 Å². The molecule has 0 aliphatic heterocycles. The standard InChI is InChI=1S/C19H24N2O3/c1-3-23-17-9-11-18(12-10-17)24-14-13-20-19(22)21(2)15-16-7-5-4-6-8-16/h4-12H,3,13-15H2,1-2H3,(H,20,22). The molecule has 0 saturated heterocycles. The Balaban J connectivity index is 1.66. The fourth-order valence-corrected chi connectivity index (χ4v) is 2.19. The smallest absolute Gasteiger partial charge is 0.317 e. The summed E-state index contributed by atoms with van der Waals surface area (Å²) < 4.78 is 11.0. The molecule has 0 aliphatic carbocycles. The molecule has 0 spiro atoms. The molecule has 0 atom stereocenters. The third-order valence-corrected chi connectivity index (χ3v) is 3.39. The van der Waals surface area contributed by atoms with Gasteiger partial charge in [-0.3, -0.25) is 0 Å². The van der Waals surface area contributed by atoms with Crippen LogP contribution in [0.5, 0.6) is 11.5 Å². The molecule has 0 bridgehead atoms. The average Bonchev–Trinajstić information content (AvgIpc) is 2.61. The molecule has 2 aromatic rings. The summed E-state index contributed by atoms with van der Waals surface area (Å²) in [5, 5.41) is 2.84. The van der Waals surface area contributed by atoms with Gasteiger partial charge >= 0.3 is 6.03 Å². The number of hydrogen-bond acceptors (Lipinski definition) is 3. The molecule has 0 radical (unpaired) electrons. The molecular weight excluding hydrogens is 304 g/mol. The highest BCUT2D eigenvalue weighted by molar-refractivity contribution is 5.73. The number of hydrogen-bond donors (Lipinski definition) is 1. The van der Waals surface area contributed by atoms with Gasteiger partial charge in [0.25, 0.3) is 0 Å². The molecule has 1 N–H and O–H groups in total. The first-order chi connectivity index (χ1) is 11.7. The number of urea groups is 1. The van der Waals surface area contributed by atoms with Crippen molar-refractivity contribution in [3.8, 4) is 11.5 Å². The number of nitrogens with one attached hydrogen (secondary N) is 1. The summed E-state index contributed by atoms with van der Waals surface area (Å²) in [6, 6.07) is 17.2. The number of rotatable bonds is 8. The van der Waals surface area contributed by atoms with Gasteiger partial charge in [-0.1, -0.05) is 30.3 Å². The Morgan fingerprint density at radius 2 is 1.62 bits per heavy atom. The lowest BCUT2D eigenvalue weighted by molar-refractivity contribution is 0.203. The molecular formula is C19H24N2O3. The predicted octanol–water partition coefficient (Wildman–Crippen LogP) is 3.31. The van der Waals surface area contributed by atoms with Crippen LogP contribution in [-0.4, -0.2) is 37.7 Å². The molecule has 0 aromatic heterocycles. The summed E-state index contributed by atoms with van der Waals surface area (Å²) in [6.45, 7) is 4.03. The van der Waals surface area contributed by atoms with E-state index in [0.717, 1.165) is 17.1 Å². The number of nitrogens with zero attached hydrogens (tertiary/aromatic N) is 1. The minimum Gasteiger partial charge on any atom is -0.494 e. The van der Waals surface area contributed by atoms with E-state index in [2.05, 4.69) is 5.32 Å². The van der Waals surface area contributed by atoms with E-state index in [9.17, 15) is 4.79 Å². The number of ether oxygens (including phenoxy) is 2. The predicted molar refractivity (Wildman–Crippen MR) is 94.4 cm³/mol. The van der Waals surface area contributed by atoms with Crippen molar-refractivity contribution >= 4 is 6.03 Å². The molecule has 24 heavy (non-hydrogen) atoms. The van der Waals surface area contributed by atoms with Crippen molar-refractivity contribution in [2.24, 2.45) is 0 Å². The Morgan fingerprint density at radius 1 is 1.00 bits per heavy atom. The zero-order valence-corrected chi connectivity index (χ0v) is 14.2. The fourth-order valence-electron chi connectivity index (χ4n) is 2.19. The van der Waals surface area contributed by atoms with Crippen LogP contribution in [0.1, 0.15) is 12.5 Å². The van der Waals surface area contributed by atoms with Crippen molar-refractivity contribution in [1.29, 1.82) is 0 Å². The molecule has 0 saturated carbocycles. The zero-order chi connectivity index (χ0) is 17.2. The molecule has 5 heteroatoms. The van der Waals surface area contributed by atoms with E-state index in [1.807, 2.05) is 61.5 Å². The van der Waals surface area contributed by atoms with E-state index in [0.29, 0.717) is 26.3 Å². The van der Waals surface area contributed by atoms with E-state index in [1.165, 1.54) is 0 Å². The first-order valence-electron chi connectivity index (χ1n) is 8.07. The monoisotopic (exact) mass is 328 g/mol. The first-order valence-corrected chi connectivity index (χ1v) is 8.07. The highest BCUT2D eigenvalue weighted by Gasteiger charge is 2.08. The van der Waals surface area contributed by atoms with E-state index >= 15 is 0 Å². The SMILES string of the molecule is CCOc1ccc(OCCNC(=O)N(C)Cc2ccccc2)cc1. The van der Waals surface area contributed by atoms with Gasteiger partial charge in [-0.25, -0.2) is 4.79 Å². The van der Waals surface area contributed by atoms with E-state index < -0.39 is 0 Å². The Bertz CT molecular complexity index is 614. The maximum absolute atomic E-state index is 12.0. The van der Waals surface area contributed by atoms with Crippen LogP contribution in [0.25, 0.3) is 0 Å². The second-order valence-electron chi connectivity index (χ2n) is 5.33. The Hall–Kier alpha value is -2.69. The van der Waals surface area contributed by atoms with Crippen LogP contribution in [0.4, 0.5) is 4.79 Å². The summed E-state index contributed by atoms with van der Waals surface area (Å²) in [5.74, 6) is 1.58. The van der Waals surface area contributed by atoms with Gasteiger partial charge in [0.15, 0.2) is 0 Å². The fraction of sp³-hybridized carbons (Fsp3) is 0.316. The normalized spacial score (nSPS) is 10.1. The lowest BCUT2D eigenvalue weighted by atomic mass is 10.2. The highest BCUT2D eigenvalue weighted by Crippen LogP contribution is 2.17. The first kappa shape index (κ1) is 17.7. The summed E-state index contributed by atoms with van der Waals surface area (Å²) in [7, 11) is 1.77. The number of benzene rings is 2. The highest BCUT2D eigenvalue weighted by atomic mass is 16.5. The van der Waals surface area contributed by atoms with Crippen molar-refractivity contribution in [2.75, 3.05) is 26.8 Å². The zero-order valence-electron chi connectivity index (χ0n) is 14.2. The molecule has 0 unspecified atom stereocenters. The lowest BCUT2D eigenvalue weighted by Gasteiger charge is -2.18. The minimum absolute atomic E-state index is 0.117. The topological polar surface area (TPSA) is 50.8 Å². The largest absolute Gasteiger partial charge is 0.494 e. The van der Waals surface area contributed by atoms with Gasteiger partial charge in [-0.2, -0.15) is 0 Å². The molecule has 0 fully saturated rings. The van der Waals surface area contributed by atoms with Crippen LogP contribution in [0.2, 0.25) is 0 Å². The van der Waals surface area contributed by atoms with Crippen LogP contribution in [0, 0.1) is 0 Å². The molecule has 0 heterocycles. The third kappa shape index (κ3) is 5.83. The molecule has 128 valence electrons. The van der Waals surface area contributed by atoms with E-state index in [-0.39, 0.29) is 6.03 Å². The van der Waals surface area contributed by atoms with Gasteiger partial charge in [0.1, 0.15) is 18.1 Å². The summed E-state index contributed by atoms with van der Waals surface area (Å²) in [5.41, 5.74) is 1.10. The number of amides is 2. The van der Waals surface area contributed by atoms with Gasteiger partial charge in [-0.05, 0) is 36.8 Å². The number of carbonyl (C=O) groups excluding carboxylic acids is 1. The maximum atomic E-state index is 12.0. The van der Waals surface area contributed by atoms with Crippen molar-refractivity contribution < 1.29 is 14.3 Å². The van der Waals surface area contributed by atoms with Gasteiger partial charge in [0.05, 0.1) is 13.2 Å². The van der Waals surface area contributed by atoms with Crippen molar-refractivity contribution in [3.05, 3.63) is 60.2 Å². The molecule has 2 rings (SSSR count).